The highest BCUT2D eigenvalue weighted by Crippen LogP contribution is 2.33. The fourth-order valence-electron chi connectivity index (χ4n) is 4.30. The molecular formula is C25H26B2N2. The van der Waals surface area contributed by atoms with Gasteiger partial charge < -0.3 is 9.47 Å². The van der Waals surface area contributed by atoms with Crippen molar-refractivity contribution < 1.29 is 0 Å². The van der Waals surface area contributed by atoms with Gasteiger partial charge in [-0.1, -0.05) is 49.0 Å². The predicted octanol–water partition coefficient (Wildman–Crippen LogP) is 4.31. The SMILES string of the molecule is [B]c1ccc2c3ccc([B])cc3n(-c3cc(C)cc(N(CCC)CCC)c3)c2c1. The lowest BCUT2D eigenvalue weighted by atomic mass is 9.94. The van der Waals surface area contributed by atoms with Crippen molar-refractivity contribution in [3.8, 4) is 5.69 Å². The van der Waals surface area contributed by atoms with Crippen LogP contribution in [0, 0.1) is 6.92 Å². The molecule has 29 heavy (non-hydrogen) atoms. The standard InChI is InChI=1S/C25H26B2N2/c1-4-10-28(11-5-2)20-12-17(3)13-21(16-20)29-24-14-18(26)6-8-22(24)23-9-7-19(27)15-25(23)29/h6-9,12-16H,4-5,10-11H2,1-3H3. The first-order valence-electron chi connectivity index (χ1n) is 10.5. The van der Waals surface area contributed by atoms with Crippen LogP contribution in [0.2, 0.25) is 0 Å². The monoisotopic (exact) mass is 376 g/mol. The van der Waals surface area contributed by atoms with Crippen molar-refractivity contribution >= 4 is 54.1 Å². The molecule has 0 aliphatic carbocycles. The molecule has 0 fully saturated rings. The fourth-order valence-corrected chi connectivity index (χ4v) is 4.30. The molecule has 0 saturated heterocycles. The lowest BCUT2D eigenvalue weighted by molar-refractivity contribution is 0.744. The van der Waals surface area contributed by atoms with E-state index in [9.17, 15) is 0 Å². The molecule has 0 unspecified atom stereocenters. The van der Waals surface area contributed by atoms with E-state index >= 15 is 0 Å². The summed E-state index contributed by atoms with van der Waals surface area (Å²) < 4.78 is 2.30. The third-order valence-electron chi connectivity index (χ3n) is 5.47. The van der Waals surface area contributed by atoms with Gasteiger partial charge in [-0.05, 0) is 55.7 Å². The van der Waals surface area contributed by atoms with Crippen molar-refractivity contribution in [1.82, 2.24) is 4.57 Å². The molecule has 4 heteroatoms. The highest BCUT2D eigenvalue weighted by atomic mass is 15.1. The summed E-state index contributed by atoms with van der Waals surface area (Å²) in [6.45, 7) is 8.75. The van der Waals surface area contributed by atoms with E-state index in [1.54, 1.807) is 0 Å². The van der Waals surface area contributed by atoms with Crippen molar-refractivity contribution in [1.29, 1.82) is 0 Å². The lowest BCUT2D eigenvalue weighted by Gasteiger charge is -2.25. The summed E-state index contributed by atoms with van der Waals surface area (Å²) in [4.78, 5) is 2.48. The van der Waals surface area contributed by atoms with Crippen LogP contribution in [0.4, 0.5) is 5.69 Å². The van der Waals surface area contributed by atoms with Gasteiger partial charge >= 0.3 is 0 Å². The van der Waals surface area contributed by atoms with E-state index in [0.717, 1.165) is 53.6 Å². The molecule has 0 aliphatic heterocycles. The molecule has 1 heterocycles. The first-order valence-corrected chi connectivity index (χ1v) is 10.5. The van der Waals surface area contributed by atoms with Gasteiger partial charge in [0.1, 0.15) is 15.7 Å². The van der Waals surface area contributed by atoms with Gasteiger partial charge in [0, 0.05) is 35.2 Å². The fraction of sp³-hybridized carbons (Fsp3) is 0.280. The third-order valence-corrected chi connectivity index (χ3v) is 5.47. The van der Waals surface area contributed by atoms with E-state index in [2.05, 4.69) is 72.7 Å². The van der Waals surface area contributed by atoms with Gasteiger partial charge in [-0.25, -0.2) is 0 Å². The number of hydrogen-bond acceptors (Lipinski definition) is 1. The van der Waals surface area contributed by atoms with Gasteiger partial charge in [0.2, 0.25) is 0 Å². The van der Waals surface area contributed by atoms with Crippen LogP contribution >= 0.6 is 0 Å². The summed E-state index contributed by atoms with van der Waals surface area (Å²) in [5.74, 6) is 0. The summed E-state index contributed by atoms with van der Waals surface area (Å²) in [6, 6.07) is 19.1. The zero-order valence-corrected chi connectivity index (χ0v) is 17.6. The maximum atomic E-state index is 6.16. The summed E-state index contributed by atoms with van der Waals surface area (Å²) in [5.41, 5.74) is 7.42. The average molecular weight is 376 g/mol. The van der Waals surface area contributed by atoms with Crippen molar-refractivity contribution in [3.63, 3.8) is 0 Å². The zero-order valence-electron chi connectivity index (χ0n) is 17.6. The maximum absolute atomic E-state index is 6.16. The molecule has 0 atom stereocenters. The summed E-state index contributed by atoms with van der Waals surface area (Å²) in [6.07, 6.45) is 2.26. The Bertz CT molecular complexity index is 1110. The molecule has 0 saturated carbocycles. The Balaban J connectivity index is 2.01. The number of benzene rings is 3. The van der Waals surface area contributed by atoms with Crippen LogP contribution in [0.5, 0.6) is 0 Å². The Labute approximate surface area is 176 Å². The molecule has 4 radical (unpaired) electrons. The topological polar surface area (TPSA) is 8.17 Å². The molecule has 0 N–H and O–H groups in total. The molecule has 142 valence electrons. The number of nitrogens with zero attached hydrogens (tertiary/aromatic N) is 2. The Morgan fingerprint density at radius 3 is 1.83 bits per heavy atom. The van der Waals surface area contributed by atoms with E-state index in [1.807, 2.05) is 12.1 Å². The molecule has 0 spiro atoms. The minimum atomic E-state index is 0.765. The Kier molecular flexibility index (Phi) is 5.45. The second-order valence-electron chi connectivity index (χ2n) is 7.90. The number of fused-ring (bicyclic) bond motifs is 3. The van der Waals surface area contributed by atoms with Crippen molar-refractivity contribution in [2.75, 3.05) is 18.0 Å². The third kappa shape index (κ3) is 3.69. The first kappa shape index (κ1) is 19.7. The number of rotatable bonds is 6. The number of anilines is 1. The van der Waals surface area contributed by atoms with Gasteiger partial charge in [0.15, 0.2) is 0 Å². The molecule has 3 aromatic carbocycles. The van der Waals surface area contributed by atoms with Crippen LogP contribution in [0.25, 0.3) is 27.5 Å². The minimum absolute atomic E-state index is 0.765. The number of hydrogen-bond donors (Lipinski definition) is 0. The van der Waals surface area contributed by atoms with Crippen LogP contribution in [0.15, 0.2) is 54.6 Å². The van der Waals surface area contributed by atoms with E-state index in [0.29, 0.717) is 0 Å². The maximum Gasteiger partial charge on any atom is 0.113 e. The summed E-state index contributed by atoms with van der Waals surface area (Å²) >= 11 is 0. The van der Waals surface area contributed by atoms with Crippen LogP contribution in [0.1, 0.15) is 32.3 Å². The number of aryl methyl sites for hydroxylation is 1. The van der Waals surface area contributed by atoms with Crippen molar-refractivity contribution in [2.45, 2.75) is 33.6 Å². The molecule has 0 bridgehead atoms. The highest BCUT2D eigenvalue weighted by molar-refractivity contribution is 6.35. The summed E-state index contributed by atoms with van der Waals surface area (Å²) in [7, 11) is 12.3. The average Bonchev–Trinajstić information content (AvgIpc) is 2.99. The van der Waals surface area contributed by atoms with Gasteiger partial charge in [0.25, 0.3) is 0 Å². The second-order valence-corrected chi connectivity index (χ2v) is 7.90. The molecule has 1 aromatic heterocycles. The molecule has 4 aromatic rings. The zero-order chi connectivity index (χ0) is 20.5. The largest absolute Gasteiger partial charge is 0.371 e. The summed E-state index contributed by atoms with van der Waals surface area (Å²) in [5, 5.41) is 2.38. The van der Waals surface area contributed by atoms with E-state index in [-0.39, 0.29) is 0 Å². The Morgan fingerprint density at radius 1 is 0.759 bits per heavy atom. The Hall–Kier alpha value is -2.61. The van der Waals surface area contributed by atoms with Gasteiger partial charge in [-0.3, -0.25) is 0 Å². The molecule has 2 nitrogen and oxygen atoms in total. The highest BCUT2D eigenvalue weighted by Gasteiger charge is 2.14. The van der Waals surface area contributed by atoms with Crippen molar-refractivity contribution in [2.24, 2.45) is 0 Å². The smallest absolute Gasteiger partial charge is 0.113 e. The molecule has 0 amide bonds. The van der Waals surface area contributed by atoms with E-state index in [1.165, 1.54) is 22.0 Å². The second kappa shape index (κ2) is 8.02. The van der Waals surface area contributed by atoms with Crippen molar-refractivity contribution in [3.05, 3.63) is 60.2 Å². The predicted molar refractivity (Wildman–Crippen MR) is 129 cm³/mol. The first-order chi connectivity index (χ1) is 14.0. The lowest BCUT2D eigenvalue weighted by Crippen LogP contribution is -2.25. The normalized spacial score (nSPS) is 11.4. The molecular weight excluding hydrogens is 350 g/mol. The van der Waals surface area contributed by atoms with Gasteiger partial charge in [0.05, 0.1) is 11.0 Å². The van der Waals surface area contributed by atoms with E-state index < -0.39 is 0 Å². The quantitative estimate of drug-likeness (QED) is 0.456. The Morgan fingerprint density at radius 2 is 1.31 bits per heavy atom. The van der Waals surface area contributed by atoms with Crippen LogP contribution in [-0.2, 0) is 0 Å². The van der Waals surface area contributed by atoms with Crippen LogP contribution < -0.4 is 15.8 Å². The minimum Gasteiger partial charge on any atom is -0.371 e. The van der Waals surface area contributed by atoms with Gasteiger partial charge in [-0.15, -0.1) is 0 Å². The molecule has 4 rings (SSSR count). The van der Waals surface area contributed by atoms with Crippen LogP contribution in [0.3, 0.4) is 0 Å². The van der Waals surface area contributed by atoms with E-state index in [4.69, 9.17) is 15.7 Å². The van der Waals surface area contributed by atoms with Crippen LogP contribution in [-0.4, -0.2) is 33.3 Å². The number of aromatic nitrogens is 1. The molecule has 0 aliphatic rings. The van der Waals surface area contributed by atoms with Gasteiger partial charge in [-0.2, -0.15) is 0 Å².